The van der Waals surface area contributed by atoms with E-state index in [1.165, 1.54) is 6.92 Å². The minimum Gasteiger partial charge on any atom is -0.321 e. The van der Waals surface area contributed by atoms with Gasteiger partial charge in [0.15, 0.2) is 0 Å². The quantitative estimate of drug-likeness (QED) is 0.724. The molecule has 0 aliphatic rings. The zero-order chi connectivity index (χ0) is 9.44. The predicted molar refractivity (Wildman–Crippen MR) is 52.8 cm³/mol. The monoisotopic (exact) mass is 193 g/mol. The summed E-state index contributed by atoms with van der Waals surface area (Å²) in [6, 6.07) is -0.255. The molecule has 66 valence electrons. The second-order valence-corrected chi connectivity index (χ2v) is 2.52. The van der Waals surface area contributed by atoms with Gasteiger partial charge in [-0.15, -0.1) is 0 Å². The van der Waals surface area contributed by atoms with Crippen molar-refractivity contribution in [2.75, 3.05) is 0 Å². The fourth-order valence-corrected chi connectivity index (χ4v) is 0.655. The van der Waals surface area contributed by atoms with E-state index in [1.807, 2.05) is 13.8 Å². The number of carbonyl (C=O) groups excluding carboxylic acids is 1. The van der Waals surface area contributed by atoms with Crippen LogP contribution in [0.4, 0.5) is 0 Å². The third-order valence-corrected chi connectivity index (χ3v) is 1.73. The molecule has 0 aromatic heterocycles. The van der Waals surface area contributed by atoms with Gasteiger partial charge in [-0.3, -0.25) is 4.79 Å². The van der Waals surface area contributed by atoms with Crippen LogP contribution in [0.2, 0.25) is 0 Å². The molecule has 11 heavy (non-hydrogen) atoms. The van der Waals surface area contributed by atoms with E-state index < -0.39 is 0 Å². The molecule has 0 aromatic carbocycles. The number of hydrogen-bond donors (Lipinski definition) is 1. The van der Waals surface area contributed by atoms with Gasteiger partial charge in [0.2, 0.25) is 0 Å². The van der Waals surface area contributed by atoms with Crippen LogP contribution in [0.3, 0.4) is 0 Å². The average Bonchev–Trinajstić information content (AvgIpc) is 2.05. The van der Waals surface area contributed by atoms with Crippen molar-refractivity contribution in [1.82, 2.24) is 0 Å². The number of rotatable bonds is 3. The third kappa shape index (κ3) is 6.47. The van der Waals surface area contributed by atoms with E-state index in [1.54, 1.807) is 0 Å². The van der Waals surface area contributed by atoms with Gasteiger partial charge >= 0.3 is 0 Å². The Morgan fingerprint density at radius 1 is 1.55 bits per heavy atom. The largest absolute Gasteiger partial charge is 0.321 e. The van der Waals surface area contributed by atoms with Crippen molar-refractivity contribution in [1.29, 1.82) is 0 Å². The van der Waals surface area contributed by atoms with Crippen LogP contribution in [-0.2, 0) is 27.2 Å². The molecule has 0 aliphatic carbocycles. The first-order chi connectivity index (χ1) is 5.09. The zero-order valence-electron chi connectivity index (χ0n) is 7.16. The lowest BCUT2D eigenvalue weighted by atomic mass is 9.97. The summed E-state index contributed by atoms with van der Waals surface area (Å²) in [5.41, 5.74) is 5.52. The van der Waals surface area contributed by atoms with Crippen molar-refractivity contribution >= 4 is 28.2 Å². The van der Waals surface area contributed by atoms with Crippen molar-refractivity contribution in [3.8, 4) is 0 Å². The number of nitrogens with two attached hydrogens (primary N) is 1. The first kappa shape index (κ1) is 13.6. The molecule has 0 spiro atoms. The van der Waals surface area contributed by atoms with E-state index in [0.29, 0.717) is 5.92 Å². The first-order valence-electron chi connectivity index (χ1n) is 3.52. The highest BCUT2D eigenvalue weighted by atomic mass is 32.8. The molecule has 0 radical (unpaired) electrons. The lowest BCUT2D eigenvalue weighted by Crippen LogP contribution is -2.34. The number of hydrogen-bond acceptors (Lipinski definition) is 4. The molecule has 4 heteroatoms. The van der Waals surface area contributed by atoms with Gasteiger partial charge in [-0.05, 0) is 12.8 Å². The third-order valence-electron chi connectivity index (χ3n) is 1.73. The van der Waals surface area contributed by atoms with E-state index in [0.717, 1.165) is 6.42 Å². The molecule has 0 fully saturated rings. The van der Waals surface area contributed by atoms with Crippen LogP contribution in [0.1, 0.15) is 27.2 Å². The molecule has 0 aliphatic heterocycles. The normalized spacial score (nSPS) is 14.2. The Morgan fingerprint density at radius 3 is 2.00 bits per heavy atom. The molecule has 0 rings (SSSR count). The van der Waals surface area contributed by atoms with Crippen LogP contribution in [0.25, 0.3) is 0 Å². The van der Waals surface area contributed by atoms with Crippen LogP contribution in [0, 0.1) is 5.92 Å². The molecule has 0 aromatic rings. The second kappa shape index (κ2) is 8.17. The van der Waals surface area contributed by atoms with Crippen molar-refractivity contribution in [3.63, 3.8) is 0 Å². The maximum atomic E-state index is 10.6. The Hall–Kier alpha value is 0.0700. The highest BCUT2D eigenvalue weighted by molar-refractivity contribution is 8.07. The van der Waals surface area contributed by atoms with Gasteiger partial charge in [-0.25, -0.2) is 0 Å². The van der Waals surface area contributed by atoms with Gasteiger partial charge in [-0.2, -0.15) is 0 Å². The number of carbonyl (C=O) groups is 1. The lowest BCUT2D eigenvalue weighted by Gasteiger charge is -2.13. The fourth-order valence-electron chi connectivity index (χ4n) is 0.655. The van der Waals surface area contributed by atoms with Gasteiger partial charge in [0.1, 0.15) is 5.78 Å². The molecule has 2 N–H and O–H groups in total. The van der Waals surface area contributed by atoms with Crippen molar-refractivity contribution in [3.05, 3.63) is 0 Å². The average molecular weight is 193 g/mol. The van der Waals surface area contributed by atoms with E-state index in [4.69, 9.17) is 5.73 Å². The van der Waals surface area contributed by atoms with E-state index in [-0.39, 0.29) is 11.8 Å². The van der Waals surface area contributed by atoms with Crippen LogP contribution < -0.4 is 5.73 Å². The summed E-state index contributed by atoms with van der Waals surface area (Å²) >= 11 is 7.33. The zero-order valence-corrected chi connectivity index (χ0v) is 8.80. The molecular weight excluding hydrogens is 178 g/mol. The summed E-state index contributed by atoms with van der Waals surface area (Å²) in [5, 5.41) is 0. The highest BCUT2D eigenvalue weighted by Crippen LogP contribution is 2.04. The molecule has 0 amide bonds. The lowest BCUT2D eigenvalue weighted by molar-refractivity contribution is -0.119. The van der Waals surface area contributed by atoms with Gasteiger partial charge in [0.05, 0.1) is 6.04 Å². The van der Waals surface area contributed by atoms with Crippen molar-refractivity contribution in [2.24, 2.45) is 11.7 Å². The van der Waals surface area contributed by atoms with Crippen LogP contribution in [0.5, 0.6) is 0 Å². The van der Waals surface area contributed by atoms with Gasteiger partial charge in [0.25, 0.3) is 0 Å². The summed E-state index contributed by atoms with van der Waals surface area (Å²) in [4.78, 5) is 10.6. The number of Topliss-reactive ketones (excluding diaryl/α,β-unsaturated/α-hetero) is 1. The molecule has 2 nitrogen and oxygen atoms in total. The summed E-state index contributed by atoms with van der Waals surface area (Å²) in [6.07, 6.45) is 0.973. The van der Waals surface area contributed by atoms with Gasteiger partial charge < -0.3 is 5.73 Å². The Morgan fingerprint density at radius 2 is 1.91 bits per heavy atom. The van der Waals surface area contributed by atoms with Crippen LogP contribution in [0.15, 0.2) is 0 Å². The summed E-state index contributed by atoms with van der Waals surface area (Å²) in [6.45, 7) is 5.57. The Bertz CT molecular complexity index is 119. The number of ketones is 1. The standard InChI is InChI=1S/C7H15NO.S2/c1-4-5(2)7(8)6(3)9;1-2/h5,7H,4,8H2,1-3H3;/t5-,7-;/m0./s1. The molecule has 0 heterocycles. The Balaban J connectivity index is 0. The van der Waals surface area contributed by atoms with E-state index >= 15 is 0 Å². The van der Waals surface area contributed by atoms with E-state index in [2.05, 4.69) is 22.4 Å². The minimum absolute atomic E-state index is 0.0874. The molecule has 0 saturated heterocycles. The molecule has 0 unspecified atom stereocenters. The van der Waals surface area contributed by atoms with Gasteiger partial charge in [0, 0.05) is 22.4 Å². The van der Waals surface area contributed by atoms with Crippen LogP contribution in [-0.4, -0.2) is 11.8 Å². The molecule has 0 saturated carbocycles. The Kier molecular flexibility index (Phi) is 10.1. The minimum atomic E-state index is -0.255. The fraction of sp³-hybridized carbons (Fsp3) is 0.857. The maximum Gasteiger partial charge on any atom is 0.146 e. The van der Waals surface area contributed by atoms with Gasteiger partial charge in [-0.1, -0.05) is 20.3 Å². The molecular formula is C7H15NOS2. The molecule has 2 atom stereocenters. The predicted octanol–water partition coefficient (Wildman–Crippen LogP) is 0.944. The maximum absolute atomic E-state index is 10.6. The Labute approximate surface area is 78.2 Å². The second-order valence-electron chi connectivity index (χ2n) is 2.52. The summed E-state index contributed by atoms with van der Waals surface area (Å²) in [5.74, 6) is 0.409. The van der Waals surface area contributed by atoms with Crippen LogP contribution >= 0.6 is 0 Å². The topological polar surface area (TPSA) is 43.1 Å². The van der Waals surface area contributed by atoms with Crippen molar-refractivity contribution < 1.29 is 4.79 Å². The SMILES string of the molecule is CC[C@H](C)[C@H](N)C(C)=O.S=S. The molecule has 0 bridgehead atoms. The first-order valence-corrected chi connectivity index (χ1v) is 4.85. The summed E-state index contributed by atoms with van der Waals surface area (Å²) < 4.78 is 0. The summed E-state index contributed by atoms with van der Waals surface area (Å²) in [7, 11) is 0. The smallest absolute Gasteiger partial charge is 0.146 e. The van der Waals surface area contributed by atoms with Crippen molar-refractivity contribution in [2.45, 2.75) is 33.2 Å². The van der Waals surface area contributed by atoms with E-state index in [9.17, 15) is 4.79 Å². The highest BCUT2D eigenvalue weighted by Gasteiger charge is 2.14.